The fourth-order valence-corrected chi connectivity index (χ4v) is 2.91. The Morgan fingerprint density at radius 3 is 2.73 bits per heavy atom. The number of aryl methyl sites for hydroxylation is 1. The van der Waals surface area contributed by atoms with Crippen LogP contribution in [0, 0.1) is 6.92 Å². The van der Waals surface area contributed by atoms with E-state index < -0.39 is 0 Å². The standard InChI is InChI=1S/C15H18ClN3O2S/c1-10-14(11-3-5-12(16)6-4-11)19-13(22-10)9-18-15(20)17-7-8-21-2/h3-6H,7-9H2,1-2H3,(H2,17,18,20). The molecule has 0 atom stereocenters. The predicted octanol–water partition coefficient (Wildman–Crippen LogP) is 3.22. The second-order valence-electron chi connectivity index (χ2n) is 4.62. The van der Waals surface area contributed by atoms with Crippen molar-refractivity contribution in [3.63, 3.8) is 0 Å². The van der Waals surface area contributed by atoms with Crippen molar-refractivity contribution in [2.24, 2.45) is 0 Å². The zero-order valence-electron chi connectivity index (χ0n) is 12.5. The highest BCUT2D eigenvalue weighted by atomic mass is 35.5. The van der Waals surface area contributed by atoms with Crippen molar-refractivity contribution in [3.05, 3.63) is 39.2 Å². The third-order valence-electron chi connectivity index (χ3n) is 2.95. The van der Waals surface area contributed by atoms with E-state index in [1.807, 2.05) is 31.2 Å². The van der Waals surface area contributed by atoms with Gasteiger partial charge >= 0.3 is 6.03 Å². The molecule has 1 aromatic heterocycles. The number of hydrogen-bond donors (Lipinski definition) is 2. The maximum Gasteiger partial charge on any atom is 0.315 e. The maximum atomic E-state index is 11.6. The molecule has 2 N–H and O–H groups in total. The highest BCUT2D eigenvalue weighted by molar-refractivity contribution is 7.12. The summed E-state index contributed by atoms with van der Waals surface area (Å²) in [4.78, 5) is 17.3. The lowest BCUT2D eigenvalue weighted by atomic mass is 10.1. The minimum absolute atomic E-state index is 0.224. The summed E-state index contributed by atoms with van der Waals surface area (Å²) in [6, 6.07) is 7.35. The van der Waals surface area contributed by atoms with E-state index in [9.17, 15) is 4.79 Å². The molecule has 0 spiro atoms. The van der Waals surface area contributed by atoms with Gasteiger partial charge in [-0.05, 0) is 19.1 Å². The molecule has 7 heteroatoms. The van der Waals surface area contributed by atoms with E-state index in [0.717, 1.165) is 21.1 Å². The van der Waals surface area contributed by atoms with Crippen LogP contribution in [0.1, 0.15) is 9.88 Å². The smallest absolute Gasteiger partial charge is 0.315 e. The molecule has 2 amide bonds. The van der Waals surface area contributed by atoms with E-state index in [1.165, 1.54) is 0 Å². The molecule has 1 heterocycles. The van der Waals surface area contributed by atoms with Gasteiger partial charge in [0.05, 0.1) is 18.8 Å². The summed E-state index contributed by atoms with van der Waals surface area (Å²) in [7, 11) is 1.59. The summed E-state index contributed by atoms with van der Waals surface area (Å²) >= 11 is 7.47. The minimum atomic E-state index is -0.224. The largest absolute Gasteiger partial charge is 0.383 e. The lowest BCUT2D eigenvalue weighted by Crippen LogP contribution is -2.36. The molecule has 0 aliphatic rings. The fraction of sp³-hybridized carbons (Fsp3) is 0.333. The molecule has 0 aliphatic heterocycles. The number of nitrogens with zero attached hydrogens (tertiary/aromatic N) is 1. The number of hydrogen-bond acceptors (Lipinski definition) is 4. The number of urea groups is 1. The Kier molecular flexibility index (Phi) is 6.18. The van der Waals surface area contributed by atoms with Crippen LogP contribution in [0.3, 0.4) is 0 Å². The summed E-state index contributed by atoms with van der Waals surface area (Å²) in [5, 5.41) is 7.05. The van der Waals surface area contributed by atoms with Crippen molar-refractivity contribution in [2.45, 2.75) is 13.5 Å². The van der Waals surface area contributed by atoms with Gasteiger partial charge < -0.3 is 15.4 Å². The number of methoxy groups -OCH3 is 1. The number of thiazole rings is 1. The molecule has 0 fully saturated rings. The summed E-state index contributed by atoms with van der Waals surface area (Å²) in [5.41, 5.74) is 1.95. The first-order chi connectivity index (χ1) is 10.6. The Morgan fingerprint density at radius 2 is 2.05 bits per heavy atom. The molecule has 0 bridgehead atoms. The van der Waals surface area contributed by atoms with Crippen molar-refractivity contribution < 1.29 is 9.53 Å². The van der Waals surface area contributed by atoms with Gasteiger partial charge in [-0.2, -0.15) is 0 Å². The van der Waals surface area contributed by atoms with Gasteiger partial charge in [0.2, 0.25) is 0 Å². The molecular formula is C15H18ClN3O2S. The SMILES string of the molecule is COCCNC(=O)NCc1nc(-c2ccc(Cl)cc2)c(C)s1. The lowest BCUT2D eigenvalue weighted by molar-refractivity contribution is 0.196. The normalized spacial score (nSPS) is 10.5. The van der Waals surface area contributed by atoms with Crippen molar-refractivity contribution in [1.29, 1.82) is 0 Å². The molecule has 0 aliphatic carbocycles. The average molecular weight is 340 g/mol. The monoisotopic (exact) mass is 339 g/mol. The van der Waals surface area contributed by atoms with Gasteiger partial charge in [0.1, 0.15) is 5.01 Å². The molecule has 2 aromatic rings. The molecule has 2 rings (SSSR count). The van der Waals surface area contributed by atoms with Crippen LogP contribution in [0.15, 0.2) is 24.3 Å². The van der Waals surface area contributed by atoms with E-state index in [0.29, 0.717) is 24.7 Å². The van der Waals surface area contributed by atoms with Crippen LogP contribution in [-0.2, 0) is 11.3 Å². The van der Waals surface area contributed by atoms with Gasteiger partial charge in [-0.25, -0.2) is 9.78 Å². The van der Waals surface area contributed by atoms with Crippen molar-refractivity contribution in [1.82, 2.24) is 15.6 Å². The Bertz CT molecular complexity index is 628. The first kappa shape index (κ1) is 16.7. The number of ether oxygens (including phenoxy) is 1. The molecule has 22 heavy (non-hydrogen) atoms. The Morgan fingerprint density at radius 1 is 1.32 bits per heavy atom. The van der Waals surface area contributed by atoms with Gasteiger partial charge in [0.15, 0.2) is 0 Å². The topological polar surface area (TPSA) is 63.2 Å². The maximum absolute atomic E-state index is 11.6. The Balaban J connectivity index is 1.95. The molecule has 0 unspecified atom stereocenters. The number of nitrogens with one attached hydrogen (secondary N) is 2. The number of rotatable bonds is 6. The number of amides is 2. The molecule has 5 nitrogen and oxygen atoms in total. The van der Waals surface area contributed by atoms with Crippen molar-refractivity contribution >= 4 is 29.0 Å². The highest BCUT2D eigenvalue weighted by Gasteiger charge is 2.10. The zero-order valence-corrected chi connectivity index (χ0v) is 14.1. The third-order valence-corrected chi connectivity index (χ3v) is 4.17. The second-order valence-corrected chi connectivity index (χ2v) is 6.35. The molecule has 118 valence electrons. The molecule has 1 aromatic carbocycles. The van der Waals surface area contributed by atoms with Crippen molar-refractivity contribution in [2.75, 3.05) is 20.3 Å². The van der Waals surface area contributed by atoms with Crippen LogP contribution < -0.4 is 10.6 Å². The Labute approximate surface area is 138 Å². The van der Waals surface area contributed by atoms with Gasteiger partial charge in [-0.1, -0.05) is 23.7 Å². The van der Waals surface area contributed by atoms with Gasteiger partial charge in [0, 0.05) is 29.1 Å². The molecular weight excluding hydrogens is 322 g/mol. The minimum Gasteiger partial charge on any atom is -0.383 e. The number of aromatic nitrogens is 1. The van der Waals surface area contributed by atoms with E-state index in [1.54, 1.807) is 18.4 Å². The Hall–Kier alpha value is -1.63. The number of benzene rings is 1. The predicted molar refractivity (Wildman–Crippen MR) is 89.4 cm³/mol. The van der Waals surface area contributed by atoms with Gasteiger partial charge in [-0.3, -0.25) is 0 Å². The van der Waals surface area contributed by atoms with Crippen LogP contribution in [-0.4, -0.2) is 31.3 Å². The van der Waals surface area contributed by atoms with Gasteiger partial charge in [-0.15, -0.1) is 11.3 Å². The highest BCUT2D eigenvalue weighted by Crippen LogP contribution is 2.28. The van der Waals surface area contributed by atoms with E-state index in [2.05, 4.69) is 15.6 Å². The quantitative estimate of drug-likeness (QED) is 0.794. The summed E-state index contributed by atoms with van der Waals surface area (Å²) in [6.07, 6.45) is 0. The van der Waals surface area contributed by atoms with Crippen LogP contribution in [0.4, 0.5) is 4.79 Å². The van der Waals surface area contributed by atoms with Crippen molar-refractivity contribution in [3.8, 4) is 11.3 Å². The van der Waals surface area contributed by atoms with Crippen LogP contribution in [0.25, 0.3) is 11.3 Å². The third kappa shape index (κ3) is 4.69. The van der Waals surface area contributed by atoms with Crippen LogP contribution in [0.5, 0.6) is 0 Å². The van der Waals surface area contributed by atoms with E-state index in [-0.39, 0.29) is 6.03 Å². The first-order valence-electron chi connectivity index (χ1n) is 6.83. The summed E-state index contributed by atoms with van der Waals surface area (Å²) in [5.74, 6) is 0. The van der Waals surface area contributed by atoms with E-state index >= 15 is 0 Å². The van der Waals surface area contributed by atoms with Gasteiger partial charge in [0.25, 0.3) is 0 Å². The van der Waals surface area contributed by atoms with Crippen LogP contribution >= 0.6 is 22.9 Å². The lowest BCUT2D eigenvalue weighted by Gasteiger charge is -2.05. The van der Waals surface area contributed by atoms with Crippen LogP contribution in [0.2, 0.25) is 5.02 Å². The molecule has 0 saturated carbocycles. The number of carbonyl (C=O) groups excluding carboxylic acids is 1. The summed E-state index contributed by atoms with van der Waals surface area (Å²) < 4.78 is 4.87. The second kappa shape index (κ2) is 8.12. The summed E-state index contributed by atoms with van der Waals surface area (Å²) in [6.45, 7) is 3.39. The first-order valence-corrected chi connectivity index (χ1v) is 8.02. The average Bonchev–Trinajstić information content (AvgIpc) is 2.87. The fourth-order valence-electron chi connectivity index (χ4n) is 1.89. The molecule has 0 radical (unpaired) electrons. The number of carbonyl (C=O) groups is 1. The van der Waals surface area contributed by atoms with E-state index in [4.69, 9.17) is 16.3 Å². The zero-order chi connectivity index (χ0) is 15.9. The molecule has 0 saturated heterocycles. The number of halogens is 1.